The Labute approximate surface area is 408 Å². The zero-order valence-corrected chi connectivity index (χ0v) is 42.5. The summed E-state index contributed by atoms with van der Waals surface area (Å²) in [4.78, 5) is 29.5. The molecule has 7 unspecified atom stereocenters. The summed E-state index contributed by atoms with van der Waals surface area (Å²) in [6, 6.07) is 16.7. The number of carbonyl (C=O) groups is 1. The molecule has 362 valence electrons. The van der Waals surface area contributed by atoms with Gasteiger partial charge in [0.15, 0.2) is 0 Å². The Morgan fingerprint density at radius 2 is 1.76 bits per heavy atom. The lowest BCUT2D eigenvalue weighted by Gasteiger charge is -2.63. The summed E-state index contributed by atoms with van der Waals surface area (Å²) in [6.45, 7) is 20.8. The summed E-state index contributed by atoms with van der Waals surface area (Å²) in [5.74, 6) is 2.80. The van der Waals surface area contributed by atoms with Crippen LogP contribution in [0.2, 0.25) is 5.02 Å². The smallest absolute Gasteiger partial charge is 0.388 e. The predicted octanol–water partition coefficient (Wildman–Crippen LogP) is 6.68. The van der Waals surface area contributed by atoms with Gasteiger partial charge in [-0.3, -0.25) is 19.6 Å². The molecule has 1 aliphatic carbocycles. The maximum absolute atomic E-state index is 13.7. The van der Waals surface area contributed by atoms with E-state index in [2.05, 4.69) is 122 Å². The Morgan fingerprint density at radius 3 is 2.45 bits per heavy atom. The van der Waals surface area contributed by atoms with Crippen molar-refractivity contribution in [3.63, 3.8) is 0 Å². The third-order valence-electron chi connectivity index (χ3n) is 16.4. The summed E-state index contributed by atoms with van der Waals surface area (Å²) in [5, 5.41) is 17.5. The topological polar surface area (TPSA) is 142 Å². The molecule has 6 aliphatic heterocycles. The minimum atomic E-state index is -0.356. The number of hydrazine groups is 1. The highest BCUT2D eigenvalue weighted by Gasteiger charge is 2.64. The highest BCUT2D eigenvalue weighted by atomic mass is 35.5. The van der Waals surface area contributed by atoms with Crippen molar-refractivity contribution in [1.29, 1.82) is 5.26 Å². The van der Waals surface area contributed by atoms with E-state index in [-0.39, 0.29) is 59.3 Å². The van der Waals surface area contributed by atoms with E-state index in [0.717, 1.165) is 70.8 Å². The second-order valence-corrected chi connectivity index (χ2v) is 23.6. The van der Waals surface area contributed by atoms with Gasteiger partial charge >= 0.3 is 5.96 Å². The highest BCUT2D eigenvalue weighted by molar-refractivity contribution is 8.00. The molecule has 4 saturated heterocycles. The van der Waals surface area contributed by atoms with Crippen LogP contribution >= 0.6 is 23.4 Å². The molecular weight excluding hydrogens is 880 g/mol. The lowest BCUT2D eigenvalue weighted by Crippen LogP contribution is -2.75. The monoisotopic (exact) mass is 954 g/mol. The number of amides is 1. The van der Waals surface area contributed by atoms with Crippen LogP contribution in [0.4, 0.5) is 0 Å². The van der Waals surface area contributed by atoms with Gasteiger partial charge in [0.1, 0.15) is 30.4 Å². The third-order valence-corrected chi connectivity index (χ3v) is 18.3. The molecule has 0 radical (unpaired) electrons. The van der Waals surface area contributed by atoms with Gasteiger partial charge in [-0.15, -0.1) is 16.8 Å². The number of nitrogens with zero attached hydrogens (tertiary/aromatic N) is 6. The van der Waals surface area contributed by atoms with Crippen molar-refractivity contribution in [2.75, 3.05) is 46.4 Å². The van der Waals surface area contributed by atoms with E-state index in [1.807, 2.05) is 17.8 Å². The standard InChI is InChI=1S/C52H73ClN10O3S/c1-31-32(2)67-47-43(31)44(57-42(26-35-17-21-55-22-18-35)45-60-59-33(3)63(45)47)36-13-11-34(12-14-36)10-9-25-65-39-19-23-62(24-20-39)50-56-29-38(30-61(50)8)46(64)58-48-51(4,5)49(52(48,6)7)66-40-16-15-37(28-54)41(53)27-40/h11-16,27,30-33,35,38-39,42-43,45,47-49,55,59-60H,9-10,17-26,29H2,1-8H3/p+1/t31?,32?,33?,38?,42-,43?,45?,47?,48?,49?/m1/s1. The van der Waals surface area contributed by atoms with Crippen molar-refractivity contribution in [3.05, 3.63) is 64.2 Å². The molecule has 8 atom stereocenters. The van der Waals surface area contributed by atoms with Crippen LogP contribution < -0.4 is 26.2 Å². The number of thioether (sulfide) groups is 1. The largest absolute Gasteiger partial charge is 0.489 e. The van der Waals surface area contributed by atoms with E-state index < -0.39 is 0 Å². The van der Waals surface area contributed by atoms with Crippen molar-refractivity contribution in [2.24, 2.45) is 44.5 Å². The van der Waals surface area contributed by atoms with Gasteiger partial charge in [0, 0.05) is 59.3 Å². The van der Waals surface area contributed by atoms with Gasteiger partial charge < -0.3 is 20.1 Å². The average molecular weight is 955 g/mol. The quantitative estimate of drug-likeness (QED) is 0.135. The van der Waals surface area contributed by atoms with Crippen LogP contribution in [-0.4, -0.2) is 132 Å². The van der Waals surface area contributed by atoms with Crippen LogP contribution in [-0.2, 0) is 16.0 Å². The second-order valence-electron chi connectivity index (χ2n) is 21.7. The molecular formula is C52H74ClN10O3S+. The molecule has 5 fully saturated rings. The first-order valence-corrected chi connectivity index (χ1v) is 26.4. The summed E-state index contributed by atoms with van der Waals surface area (Å²) in [5.41, 5.74) is 11.0. The number of nitriles is 1. The number of carbonyl (C=O) groups excluding carboxylic acids is 1. The molecule has 2 aromatic carbocycles. The summed E-state index contributed by atoms with van der Waals surface area (Å²) in [6.07, 6.45) is 10.1. The Bertz CT molecular complexity index is 2230. The number of likely N-dealkylation sites (tertiary alicyclic amines) is 1. The van der Waals surface area contributed by atoms with Gasteiger partial charge in [0.05, 0.1) is 66.8 Å². The number of halogens is 1. The van der Waals surface area contributed by atoms with E-state index in [0.29, 0.717) is 51.3 Å². The number of nitrogens with one attached hydrogen (secondary N) is 4. The number of hydrogen-bond acceptors (Lipinski definition) is 12. The SMILES string of the molecule is CC1SC2C(C(c3ccc(CCCOC4CCN(C5=NCC(C(=O)NC6C(C)(C)C(Oc7ccc(C#N)c(Cl)c7)C6(C)C)C=[N+]5C)CC4)cc3)=N[C@H](CC3CCNCC3)C3NNC(C)N23)C1C. The minimum Gasteiger partial charge on any atom is -0.489 e. The van der Waals surface area contributed by atoms with Crippen LogP contribution in [0, 0.1) is 45.8 Å². The van der Waals surface area contributed by atoms with Gasteiger partial charge in [-0.2, -0.15) is 5.26 Å². The Balaban J connectivity index is 0.736. The first-order chi connectivity index (χ1) is 32.1. The fourth-order valence-corrected chi connectivity index (χ4v) is 14.8. The molecule has 4 N–H and O–H groups in total. The molecule has 0 aromatic heterocycles. The third kappa shape index (κ3) is 9.82. The van der Waals surface area contributed by atoms with E-state index in [4.69, 9.17) is 31.1 Å². The first-order valence-electron chi connectivity index (χ1n) is 25.1. The lowest BCUT2D eigenvalue weighted by atomic mass is 9.49. The summed E-state index contributed by atoms with van der Waals surface area (Å²) >= 11 is 8.44. The fourth-order valence-electron chi connectivity index (χ4n) is 12.7. The maximum atomic E-state index is 13.7. The number of rotatable bonds is 12. The van der Waals surface area contributed by atoms with E-state index >= 15 is 0 Å². The Kier molecular flexibility index (Phi) is 14.5. The Hall–Kier alpha value is -3.55. The second kappa shape index (κ2) is 20.1. The summed E-state index contributed by atoms with van der Waals surface area (Å²) in [7, 11) is 2.00. The maximum Gasteiger partial charge on any atom is 0.388 e. The number of hydrogen-bond donors (Lipinski definition) is 4. The fraction of sp³-hybridized carbons (Fsp3) is 0.673. The number of aliphatic imine (C=N–C) groups is 2. The van der Waals surface area contributed by atoms with Crippen molar-refractivity contribution in [1.82, 2.24) is 31.3 Å². The molecule has 0 spiro atoms. The van der Waals surface area contributed by atoms with Crippen LogP contribution in [0.5, 0.6) is 5.75 Å². The van der Waals surface area contributed by atoms with Crippen LogP contribution in [0.15, 0.2) is 52.4 Å². The van der Waals surface area contributed by atoms with Crippen molar-refractivity contribution >= 4 is 47.2 Å². The number of guanidine groups is 1. The molecule has 67 heavy (non-hydrogen) atoms. The van der Waals surface area contributed by atoms with Gasteiger partial charge in [-0.1, -0.05) is 77.4 Å². The van der Waals surface area contributed by atoms with E-state index in [9.17, 15) is 10.1 Å². The minimum absolute atomic E-state index is 0.0226. The van der Waals surface area contributed by atoms with Gasteiger partial charge in [-0.05, 0) is 87.2 Å². The van der Waals surface area contributed by atoms with Gasteiger partial charge in [0.2, 0.25) is 5.91 Å². The van der Waals surface area contributed by atoms with Crippen LogP contribution in [0.3, 0.4) is 0 Å². The first kappa shape index (κ1) is 48.5. The van der Waals surface area contributed by atoms with Crippen LogP contribution in [0.25, 0.3) is 0 Å². The molecule has 1 saturated carbocycles. The molecule has 1 amide bonds. The summed E-state index contributed by atoms with van der Waals surface area (Å²) < 4.78 is 14.9. The van der Waals surface area contributed by atoms with Crippen molar-refractivity contribution in [3.8, 4) is 11.8 Å². The Morgan fingerprint density at radius 1 is 1.03 bits per heavy atom. The number of fused-ring (bicyclic) bond motifs is 3. The number of ether oxygens (including phenoxy) is 2. The van der Waals surface area contributed by atoms with E-state index in [1.165, 1.54) is 29.7 Å². The van der Waals surface area contributed by atoms with Crippen molar-refractivity contribution < 1.29 is 18.8 Å². The predicted molar refractivity (Wildman–Crippen MR) is 269 cm³/mol. The zero-order chi connectivity index (χ0) is 47.2. The molecule has 0 bridgehead atoms. The number of piperidine rings is 2. The normalized spacial score (nSPS) is 33.0. The highest BCUT2D eigenvalue weighted by Crippen LogP contribution is 2.56. The number of aryl methyl sites for hydroxylation is 1. The van der Waals surface area contributed by atoms with E-state index in [1.54, 1.807) is 18.2 Å². The molecule has 15 heteroatoms. The molecule has 9 rings (SSSR count). The number of benzene rings is 2. The average Bonchev–Trinajstić information content (AvgIpc) is 3.80. The molecule has 6 heterocycles. The van der Waals surface area contributed by atoms with Crippen LogP contribution in [0.1, 0.15) is 104 Å². The molecule has 7 aliphatic rings. The molecule has 13 nitrogen and oxygen atoms in total. The van der Waals surface area contributed by atoms with Gasteiger partial charge in [-0.25, -0.2) is 15.4 Å². The lowest BCUT2D eigenvalue weighted by molar-refractivity contribution is -0.384. The zero-order valence-electron chi connectivity index (χ0n) is 40.9. The van der Waals surface area contributed by atoms with Crippen molar-refractivity contribution in [2.45, 2.75) is 141 Å². The molecule has 2 aromatic rings. The van der Waals surface area contributed by atoms with Gasteiger partial charge in [0.25, 0.3) is 0 Å².